The number of carbonyl (C=O) groups is 2. The van der Waals surface area contributed by atoms with Gasteiger partial charge in [0, 0.05) is 0 Å². The van der Waals surface area contributed by atoms with E-state index >= 15 is 0 Å². The van der Waals surface area contributed by atoms with Gasteiger partial charge in [-0.05, 0) is 18.6 Å². The Bertz CT molecular complexity index is 590. The van der Waals surface area contributed by atoms with Crippen molar-refractivity contribution in [1.29, 1.82) is 0 Å². The molecule has 0 aromatic carbocycles. The average Bonchev–Trinajstić information content (AvgIpc) is 2.87. The summed E-state index contributed by atoms with van der Waals surface area (Å²) < 4.78 is 35.1. The predicted molar refractivity (Wildman–Crippen MR) is 66.7 cm³/mol. The smallest absolute Gasteiger partial charge is 0.374 e. The van der Waals surface area contributed by atoms with E-state index in [2.05, 4.69) is 4.74 Å². The molecule has 0 aliphatic carbocycles. The molecule has 0 radical (unpaired) electrons. The number of ether oxygens (including phenoxy) is 1. The van der Waals surface area contributed by atoms with E-state index in [1.54, 1.807) is 6.92 Å². The van der Waals surface area contributed by atoms with Crippen LogP contribution in [-0.4, -0.2) is 38.6 Å². The predicted octanol–water partition coefficient (Wildman–Crippen LogP) is 0.598. The maximum absolute atomic E-state index is 11.9. The largest absolute Gasteiger partial charge is 0.480 e. The molecule has 1 aromatic rings. The first kappa shape index (κ1) is 16.2. The van der Waals surface area contributed by atoms with Crippen molar-refractivity contribution >= 4 is 22.0 Å². The number of nitrogens with one attached hydrogen (secondary N) is 1. The van der Waals surface area contributed by atoms with E-state index in [9.17, 15) is 18.0 Å². The van der Waals surface area contributed by atoms with Crippen LogP contribution in [0.2, 0.25) is 0 Å². The van der Waals surface area contributed by atoms with Crippen LogP contribution < -0.4 is 4.72 Å². The third-order valence-corrected chi connectivity index (χ3v) is 3.75. The molecule has 2 N–H and O–H groups in total. The van der Waals surface area contributed by atoms with Crippen LogP contribution in [0.3, 0.4) is 0 Å². The fourth-order valence-electron chi connectivity index (χ4n) is 1.44. The fraction of sp³-hybridized carbons (Fsp3) is 0.455. The average molecular weight is 305 g/mol. The lowest BCUT2D eigenvalue weighted by Crippen LogP contribution is -2.40. The van der Waals surface area contributed by atoms with Gasteiger partial charge in [-0.25, -0.2) is 13.2 Å². The van der Waals surface area contributed by atoms with Crippen LogP contribution in [0.1, 0.15) is 30.3 Å². The van der Waals surface area contributed by atoms with Gasteiger partial charge in [-0.1, -0.05) is 13.3 Å². The molecule has 0 aliphatic rings. The Morgan fingerprint density at radius 1 is 1.45 bits per heavy atom. The first-order valence-corrected chi connectivity index (χ1v) is 7.23. The molecule has 112 valence electrons. The Kier molecular flexibility index (Phi) is 5.28. The van der Waals surface area contributed by atoms with Gasteiger partial charge in [0.05, 0.1) is 7.11 Å². The minimum absolute atomic E-state index is 0.138. The number of aliphatic carboxylic acids is 1. The maximum atomic E-state index is 11.9. The van der Waals surface area contributed by atoms with Crippen LogP contribution in [0.4, 0.5) is 0 Å². The molecular formula is C11H15NO7S. The number of hydrogen-bond donors (Lipinski definition) is 2. The second-order valence-corrected chi connectivity index (χ2v) is 5.56. The lowest BCUT2D eigenvalue weighted by molar-refractivity contribution is -0.139. The number of furan rings is 1. The highest BCUT2D eigenvalue weighted by molar-refractivity contribution is 7.89. The van der Waals surface area contributed by atoms with Crippen LogP contribution in [0, 0.1) is 0 Å². The SMILES string of the molecule is CCCC(NS(=O)(=O)c1ccc(C(=O)OC)o1)C(=O)O. The molecule has 1 unspecified atom stereocenters. The van der Waals surface area contributed by atoms with Gasteiger partial charge in [0.25, 0.3) is 10.0 Å². The van der Waals surface area contributed by atoms with E-state index in [1.807, 2.05) is 4.72 Å². The van der Waals surface area contributed by atoms with Crippen LogP contribution >= 0.6 is 0 Å². The van der Waals surface area contributed by atoms with Crippen molar-refractivity contribution in [1.82, 2.24) is 4.72 Å². The van der Waals surface area contributed by atoms with Gasteiger partial charge in [0.1, 0.15) is 6.04 Å². The van der Waals surface area contributed by atoms with Gasteiger partial charge >= 0.3 is 11.9 Å². The topological polar surface area (TPSA) is 123 Å². The fourth-order valence-corrected chi connectivity index (χ4v) is 2.60. The molecule has 0 aliphatic heterocycles. The third kappa shape index (κ3) is 3.81. The lowest BCUT2D eigenvalue weighted by Gasteiger charge is -2.12. The zero-order valence-corrected chi connectivity index (χ0v) is 11.8. The summed E-state index contributed by atoms with van der Waals surface area (Å²) in [5.74, 6) is -2.39. The van der Waals surface area contributed by atoms with Gasteiger partial charge in [0.15, 0.2) is 0 Å². The quantitative estimate of drug-likeness (QED) is 0.707. The van der Waals surface area contributed by atoms with Crippen LogP contribution in [-0.2, 0) is 19.6 Å². The Hall–Kier alpha value is -1.87. The lowest BCUT2D eigenvalue weighted by atomic mass is 10.2. The number of carboxylic acid groups (broad SMARTS) is 1. The van der Waals surface area contributed by atoms with Crippen molar-refractivity contribution < 1.29 is 32.3 Å². The van der Waals surface area contributed by atoms with Gasteiger partial charge in [-0.2, -0.15) is 4.72 Å². The molecule has 0 saturated carbocycles. The second kappa shape index (κ2) is 6.53. The highest BCUT2D eigenvalue weighted by Gasteiger charge is 2.27. The Balaban J connectivity index is 2.95. The summed E-state index contributed by atoms with van der Waals surface area (Å²) in [4.78, 5) is 22.1. The van der Waals surface area contributed by atoms with E-state index in [0.29, 0.717) is 6.42 Å². The van der Waals surface area contributed by atoms with Gasteiger partial charge in [-0.3, -0.25) is 4.79 Å². The standard InChI is InChI=1S/C11H15NO7S/c1-3-4-7(10(13)14)12-20(16,17)9-6-5-8(19-9)11(15)18-2/h5-7,12H,3-4H2,1-2H3,(H,13,14). The molecule has 0 fully saturated rings. The van der Waals surface area contributed by atoms with E-state index in [0.717, 1.165) is 19.2 Å². The summed E-state index contributed by atoms with van der Waals surface area (Å²) in [5, 5.41) is 8.37. The highest BCUT2D eigenvalue weighted by Crippen LogP contribution is 2.15. The Morgan fingerprint density at radius 3 is 2.60 bits per heavy atom. The van der Waals surface area contributed by atoms with Crippen molar-refractivity contribution in [2.45, 2.75) is 30.9 Å². The summed E-state index contributed by atoms with van der Waals surface area (Å²) in [6, 6.07) is 0.937. The van der Waals surface area contributed by atoms with Crippen LogP contribution in [0.5, 0.6) is 0 Å². The van der Waals surface area contributed by atoms with Gasteiger partial charge < -0.3 is 14.3 Å². The number of carbonyl (C=O) groups excluding carboxylic acids is 1. The maximum Gasteiger partial charge on any atom is 0.374 e. The number of hydrogen-bond acceptors (Lipinski definition) is 6. The molecular weight excluding hydrogens is 290 g/mol. The number of sulfonamides is 1. The van der Waals surface area contributed by atoms with Gasteiger partial charge in [-0.15, -0.1) is 0 Å². The summed E-state index contributed by atoms with van der Waals surface area (Å²) >= 11 is 0. The zero-order valence-electron chi connectivity index (χ0n) is 11.0. The first-order valence-electron chi connectivity index (χ1n) is 5.75. The molecule has 1 aromatic heterocycles. The monoisotopic (exact) mass is 305 g/mol. The molecule has 1 rings (SSSR count). The van der Waals surface area contributed by atoms with Crippen molar-refractivity contribution in [2.24, 2.45) is 0 Å². The first-order chi connectivity index (χ1) is 9.31. The molecule has 1 heterocycles. The zero-order chi connectivity index (χ0) is 15.3. The van der Waals surface area contributed by atoms with E-state index in [1.165, 1.54) is 0 Å². The van der Waals surface area contributed by atoms with Crippen molar-refractivity contribution in [3.8, 4) is 0 Å². The number of esters is 1. The van der Waals surface area contributed by atoms with E-state index < -0.39 is 33.1 Å². The number of carboxylic acids is 1. The summed E-state index contributed by atoms with van der Waals surface area (Å²) in [7, 11) is -3.03. The molecule has 20 heavy (non-hydrogen) atoms. The Morgan fingerprint density at radius 2 is 2.10 bits per heavy atom. The molecule has 1 atom stereocenters. The van der Waals surface area contributed by atoms with Crippen molar-refractivity contribution in [3.63, 3.8) is 0 Å². The Labute approximate surface area is 115 Å². The second-order valence-electron chi connectivity index (χ2n) is 3.91. The molecule has 0 saturated heterocycles. The summed E-state index contributed by atoms with van der Waals surface area (Å²) in [6.07, 6.45) is 0.629. The highest BCUT2D eigenvalue weighted by atomic mass is 32.2. The molecule has 9 heteroatoms. The van der Waals surface area contributed by atoms with Crippen molar-refractivity contribution in [3.05, 3.63) is 17.9 Å². The molecule has 0 amide bonds. The van der Waals surface area contributed by atoms with Crippen molar-refractivity contribution in [2.75, 3.05) is 7.11 Å². The molecule has 0 bridgehead atoms. The normalized spacial score (nSPS) is 12.9. The van der Waals surface area contributed by atoms with E-state index in [4.69, 9.17) is 9.52 Å². The molecule has 0 spiro atoms. The van der Waals surface area contributed by atoms with Crippen LogP contribution in [0.25, 0.3) is 0 Å². The number of rotatable bonds is 7. The summed E-state index contributed by atoms with van der Waals surface area (Å²) in [5.41, 5.74) is 0. The molecule has 8 nitrogen and oxygen atoms in total. The number of methoxy groups -OCH3 is 1. The van der Waals surface area contributed by atoms with Gasteiger partial charge in [0.2, 0.25) is 10.9 Å². The summed E-state index contributed by atoms with van der Waals surface area (Å²) in [6.45, 7) is 1.73. The minimum Gasteiger partial charge on any atom is -0.480 e. The third-order valence-electron chi connectivity index (χ3n) is 2.41. The minimum atomic E-state index is -4.15. The van der Waals surface area contributed by atoms with E-state index in [-0.39, 0.29) is 12.2 Å². The van der Waals surface area contributed by atoms with Crippen LogP contribution in [0.15, 0.2) is 21.6 Å².